The fraction of sp³-hybridized carbons (Fsp3) is 0.455. The number of alkyl halides is 3. The fourth-order valence-electron chi connectivity index (χ4n) is 1.19. The molecule has 0 aliphatic rings. The normalized spacial score (nSPS) is 11.5. The Morgan fingerprint density at radius 3 is 2.53 bits per heavy atom. The molecule has 1 rings (SSSR count). The van der Waals surface area contributed by atoms with E-state index in [4.69, 9.17) is 0 Å². The van der Waals surface area contributed by atoms with E-state index in [1.54, 1.807) is 24.5 Å². The highest BCUT2D eigenvalue weighted by molar-refractivity contribution is 5.80. The molecule has 0 saturated heterocycles. The van der Waals surface area contributed by atoms with Crippen molar-refractivity contribution in [2.45, 2.75) is 19.0 Å². The minimum absolute atomic E-state index is 0.0155. The summed E-state index contributed by atoms with van der Waals surface area (Å²) in [6, 6.07) is 3.38. The maximum atomic E-state index is 11.7. The van der Waals surface area contributed by atoms with E-state index in [1.165, 1.54) is 0 Å². The van der Waals surface area contributed by atoms with E-state index >= 15 is 0 Å². The number of ketones is 1. The molecule has 6 heteroatoms. The molecule has 0 aliphatic carbocycles. The first-order valence-electron chi connectivity index (χ1n) is 5.02. The molecule has 1 aromatic heterocycles. The molecule has 94 valence electrons. The van der Waals surface area contributed by atoms with E-state index < -0.39 is 12.8 Å². The van der Waals surface area contributed by atoms with Gasteiger partial charge in [0.1, 0.15) is 12.4 Å². The third kappa shape index (κ3) is 6.68. The molecule has 1 aromatic rings. The number of hydrogen-bond acceptors (Lipinski definition) is 3. The first kappa shape index (κ1) is 13.6. The van der Waals surface area contributed by atoms with E-state index in [0.717, 1.165) is 5.56 Å². The van der Waals surface area contributed by atoms with Crippen LogP contribution < -0.4 is 0 Å². The number of pyridine rings is 1. The molecule has 0 unspecified atom stereocenters. The predicted molar refractivity (Wildman–Crippen MR) is 54.4 cm³/mol. The molecule has 0 saturated carbocycles. The quantitative estimate of drug-likeness (QED) is 0.723. The van der Waals surface area contributed by atoms with Crippen LogP contribution in [-0.4, -0.2) is 30.2 Å². The zero-order valence-electron chi connectivity index (χ0n) is 9.04. The lowest BCUT2D eigenvalue weighted by Crippen LogP contribution is -2.18. The number of rotatable bonds is 6. The van der Waals surface area contributed by atoms with Crippen LogP contribution in [0.5, 0.6) is 0 Å². The Morgan fingerprint density at radius 2 is 1.94 bits per heavy atom. The highest BCUT2D eigenvalue weighted by atomic mass is 19.4. The largest absolute Gasteiger partial charge is 0.411 e. The van der Waals surface area contributed by atoms with Gasteiger partial charge in [-0.15, -0.1) is 0 Å². The first-order chi connectivity index (χ1) is 7.97. The zero-order valence-corrected chi connectivity index (χ0v) is 9.04. The molecule has 0 bridgehead atoms. The van der Waals surface area contributed by atoms with Crippen molar-refractivity contribution in [3.63, 3.8) is 0 Å². The van der Waals surface area contributed by atoms with Gasteiger partial charge in [-0.25, -0.2) is 0 Å². The third-order valence-electron chi connectivity index (χ3n) is 1.94. The maximum absolute atomic E-state index is 11.7. The molecule has 0 fully saturated rings. The van der Waals surface area contributed by atoms with Crippen LogP contribution in [0.3, 0.4) is 0 Å². The summed E-state index contributed by atoms with van der Waals surface area (Å²) in [5.74, 6) is -0.154. The van der Waals surface area contributed by atoms with Crippen LogP contribution in [0.2, 0.25) is 0 Å². The third-order valence-corrected chi connectivity index (χ3v) is 1.94. The number of nitrogens with zero attached hydrogens (tertiary/aromatic N) is 1. The standard InChI is InChI=1S/C11H12F3NO2/c12-11(13,14)8-17-6-3-10(16)7-9-1-4-15-5-2-9/h1-2,4-5H,3,6-8H2. The molecule has 0 amide bonds. The van der Waals surface area contributed by atoms with Gasteiger partial charge in [-0.05, 0) is 17.7 Å². The van der Waals surface area contributed by atoms with E-state index in [1.807, 2.05) is 0 Å². The van der Waals surface area contributed by atoms with Gasteiger partial charge < -0.3 is 4.74 Å². The topological polar surface area (TPSA) is 39.2 Å². The summed E-state index contributed by atoms with van der Waals surface area (Å²) < 4.78 is 39.5. The number of halogens is 3. The number of carbonyl (C=O) groups excluding carboxylic acids is 1. The second-order valence-electron chi connectivity index (χ2n) is 3.49. The second kappa shape index (κ2) is 6.34. The molecule has 1 heterocycles. The Balaban J connectivity index is 2.18. The monoisotopic (exact) mass is 247 g/mol. The van der Waals surface area contributed by atoms with Gasteiger partial charge in [0, 0.05) is 25.2 Å². The second-order valence-corrected chi connectivity index (χ2v) is 3.49. The molecule has 0 radical (unpaired) electrons. The van der Waals surface area contributed by atoms with Crippen molar-refractivity contribution in [2.75, 3.05) is 13.2 Å². The molecule has 0 N–H and O–H groups in total. The van der Waals surface area contributed by atoms with Crippen LogP contribution in [0, 0.1) is 0 Å². The van der Waals surface area contributed by atoms with Crippen molar-refractivity contribution in [1.29, 1.82) is 0 Å². The average Bonchev–Trinajstić information content (AvgIpc) is 2.25. The Morgan fingerprint density at radius 1 is 1.29 bits per heavy atom. The lowest BCUT2D eigenvalue weighted by atomic mass is 10.1. The molecular formula is C11H12F3NO2. The molecule has 0 aliphatic heterocycles. The Labute approximate surface area is 96.6 Å². The summed E-state index contributed by atoms with van der Waals surface area (Å²) in [4.78, 5) is 15.1. The van der Waals surface area contributed by atoms with Gasteiger partial charge >= 0.3 is 6.18 Å². The molecule has 3 nitrogen and oxygen atoms in total. The summed E-state index contributed by atoms with van der Waals surface area (Å²) in [6.45, 7) is -1.51. The van der Waals surface area contributed by atoms with Gasteiger partial charge in [-0.3, -0.25) is 9.78 Å². The van der Waals surface area contributed by atoms with Crippen molar-refractivity contribution < 1.29 is 22.7 Å². The van der Waals surface area contributed by atoms with Crippen LogP contribution in [0.1, 0.15) is 12.0 Å². The molecular weight excluding hydrogens is 235 g/mol. The number of aromatic nitrogens is 1. The fourth-order valence-corrected chi connectivity index (χ4v) is 1.19. The number of carbonyl (C=O) groups is 1. The van der Waals surface area contributed by atoms with Crippen LogP contribution in [0.25, 0.3) is 0 Å². The van der Waals surface area contributed by atoms with Gasteiger partial charge in [0.2, 0.25) is 0 Å². The Hall–Kier alpha value is -1.43. The average molecular weight is 247 g/mol. The van der Waals surface area contributed by atoms with Gasteiger partial charge in [-0.1, -0.05) is 0 Å². The predicted octanol–water partition coefficient (Wildman–Crippen LogP) is 2.16. The van der Waals surface area contributed by atoms with E-state index in [2.05, 4.69) is 9.72 Å². The summed E-state index contributed by atoms with van der Waals surface area (Å²) in [6.07, 6.45) is -1.05. The van der Waals surface area contributed by atoms with Crippen molar-refractivity contribution in [2.24, 2.45) is 0 Å². The lowest BCUT2D eigenvalue weighted by Gasteiger charge is -2.06. The number of hydrogen-bond donors (Lipinski definition) is 0. The molecule has 0 aromatic carbocycles. The Kier molecular flexibility index (Phi) is 5.09. The van der Waals surface area contributed by atoms with Crippen LogP contribution >= 0.6 is 0 Å². The highest BCUT2D eigenvalue weighted by Crippen LogP contribution is 2.14. The van der Waals surface area contributed by atoms with Gasteiger partial charge in [0.25, 0.3) is 0 Å². The van der Waals surface area contributed by atoms with Crippen LogP contribution in [-0.2, 0) is 16.0 Å². The van der Waals surface area contributed by atoms with Gasteiger partial charge in [-0.2, -0.15) is 13.2 Å². The van der Waals surface area contributed by atoms with Crippen LogP contribution in [0.4, 0.5) is 13.2 Å². The van der Waals surface area contributed by atoms with Crippen molar-refractivity contribution in [3.05, 3.63) is 30.1 Å². The van der Waals surface area contributed by atoms with Crippen molar-refractivity contribution >= 4 is 5.78 Å². The summed E-state index contributed by atoms with van der Waals surface area (Å²) in [5.41, 5.74) is 0.792. The van der Waals surface area contributed by atoms with E-state index in [0.29, 0.717) is 0 Å². The lowest BCUT2D eigenvalue weighted by molar-refractivity contribution is -0.174. The van der Waals surface area contributed by atoms with Crippen molar-refractivity contribution in [3.8, 4) is 0 Å². The summed E-state index contributed by atoms with van der Waals surface area (Å²) in [5, 5.41) is 0. The Bertz CT molecular complexity index is 351. The minimum Gasteiger partial charge on any atom is -0.372 e. The van der Waals surface area contributed by atoms with Crippen LogP contribution in [0.15, 0.2) is 24.5 Å². The van der Waals surface area contributed by atoms with E-state index in [9.17, 15) is 18.0 Å². The SMILES string of the molecule is O=C(CCOCC(F)(F)F)Cc1ccncc1. The maximum Gasteiger partial charge on any atom is 0.411 e. The van der Waals surface area contributed by atoms with Gasteiger partial charge in [0.05, 0.1) is 6.61 Å². The van der Waals surface area contributed by atoms with Crippen molar-refractivity contribution in [1.82, 2.24) is 4.98 Å². The molecule has 0 atom stereocenters. The van der Waals surface area contributed by atoms with Gasteiger partial charge in [0.15, 0.2) is 0 Å². The zero-order chi connectivity index (χ0) is 12.7. The smallest absolute Gasteiger partial charge is 0.372 e. The number of ether oxygens (including phenoxy) is 1. The number of Topliss-reactive ketones (excluding diaryl/α,β-unsaturated/α-hetero) is 1. The molecule has 17 heavy (non-hydrogen) atoms. The summed E-state index contributed by atoms with van der Waals surface area (Å²) >= 11 is 0. The summed E-state index contributed by atoms with van der Waals surface area (Å²) in [7, 11) is 0. The minimum atomic E-state index is -4.34. The first-order valence-corrected chi connectivity index (χ1v) is 5.02. The highest BCUT2D eigenvalue weighted by Gasteiger charge is 2.27. The van der Waals surface area contributed by atoms with E-state index in [-0.39, 0.29) is 25.2 Å². The molecule has 0 spiro atoms.